The zero-order valence-corrected chi connectivity index (χ0v) is 13.9. The molecule has 0 saturated heterocycles. The maximum Gasteiger partial charge on any atom is 0.260 e. The van der Waals surface area contributed by atoms with Gasteiger partial charge in [0.2, 0.25) is 4.96 Å². The highest BCUT2D eigenvalue weighted by atomic mass is 32.2. The molecule has 2 aromatic heterocycles. The van der Waals surface area contributed by atoms with Crippen molar-refractivity contribution >= 4 is 26.3 Å². The molecular weight excluding hydrogens is 308 g/mol. The third kappa shape index (κ3) is 2.84. The molecule has 1 fully saturated rings. The first kappa shape index (κ1) is 14.9. The lowest BCUT2D eigenvalue weighted by molar-refractivity contribution is 0.411. The van der Waals surface area contributed by atoms with Crippen molar-refractivity contribution in [2.24, 2.45) is 0 Å². The Bertz CT molecular complexity index is 742. The molecule has 1 N–H and O–H groups in total. The molecule has 0 unspecified atom stereocenters. The maximum atomic E-state index is 12.7. The average Bonchev–Trinajstić information content (AvgIpc) is 2.94. The Morgan fingerprint density at radius 2 is 2.05 bits per heavy atom. The Morgan fingerprint density at radius 1 is 1.33 bits per heavy atom. The molecule has 0 aromatic carbocycles. The van der Waals surface area contributed by atoms with E-state index in [1.54, 1.807) is 6.92 Å². The van der Waals surface area contributed by atoms with E-state index in [9.17, 15) is 8.42 Å². The van der Waals surface area contributed by atoms with Crippen molar-refractivity contribution < 1.29 is 8.42 Å². The number of rotatable bonds is 4. The minimum absolute atomic E-state index is 0.0398. The third-order valence-corrected chi connectivity index (χ3v) is 6.52. The van der Waals surface area contributed by atoms with Gasteiger partial charge in [-0.25, -0.2) is 18.1 Å². The number of nitrogens with one attached hydrogen (secondary N) is 1. The SMILES string of the molecule is CCc1nn2c(S(=O)(=O)NC3CCCCC3)c(C)nc2s1. The molecular formula is C13H20N4O2S2. The standard InChI is InChI=1S/C13H20N4O2S2/c1-3-11-15-17-12(9(2)14-13(17)20-11)21(18,19)16-10-7-5-4-6-8-10/h10,16H,3-8H2,1-2H3. The van der Waals surface area contributed by atoms with Gasteiger partial charge in [-0.3, -0.25) is 0 Å². The van der Waals surface area contributed by atoms with Crippen LogP contribution >= 0.6 is 11.3 Å². The first-order valence-corrected chi connectivity index (χ1v) is 9.68. The van der Waals surface area contributed by atoms with Crippen LogP contribution in [0.25, 0.3) is 4.96 Å². The van der Waals surface area contributed by atoms with Gasteiger partial charge in [-0.15, -0.1) is 0 Å². The summed E-state index contributed by atoms with van der Waals surface area (Å²) in [5.74, 6) is 0. The molecule has 0 radical (unpaired) electrons. The van der Waals surface area contributed by atoms with Crippen LogP contribution in [0.5, 0.6) is 0 Å². The number of hydrogen-bond donors (Lipinski definition) is 1. The number of sulfonamides is 1. The van der Waals surface area contributed by atoms with Gasteiger partial charge in [0.25, 0.3) is 10.0 Å². The predicted octanol–water partition coefficient (Wildman–Crippen LogP) is 2.27. The molecule has 0 spiro atoms. The lowest BCUT2D eigenvalue weighted by Crippen LogP contribution is -2.37. The zero-order chi connectivity index (χ0) is 15.0. The molecule has 3 rings (SSSR count). The van der Waals surface area contributed by atoms with Gasteiger partial charge in [0, 0.05) is 6.04 Å². The van der Waals surface area contributed by atoms with Crippen molar-refractivity contribution in [2.75, 3.05) is 0 Å². The van der Waals surface area contributed by atoms with Crippen molar-refractivity contribution in [3.8, 4) is 0 Å². The van der Waals surface area contributed by atoms with Crippen LogP contribution in [0.2, 0.25) is 0 Å². The summed E-state index contributed by atoms with van der Waals surface area (Å²) in [5.41, 5.74) is 0.514. The van der Waals surface area contributed by atoms with E-state index in [4.69, 9.17) is 0 Å². The highest BCUT2D eigenvalue weighted by Gasteiger charge is 2.28. The van der Waals surface area contributed by atoms with Gasteiger partial charge in [0.15, 0.2) is 5.03 Å². The fourth-order valence-electron chi connectivity index (χ4n) is 2.82. The van der Waals surface area contributed by atoms with Gasteiger partial charge >= 0.3 is 0 Å². The Labute approximate surface area is 128 Å². The predicted molar refractivity (Wildman–Crippen MR) is 82.2 cm³/mol. The molecule has 0 bridgehead atoms. The molecule has 116 valence electrons. The minimum Gasteiger partial charge on any atom is -0.221 e. The van der Waals surface area contributed by atoms with Crippen molar-refractivity contribution in [2.45, 2.75) is 63.4 Å². The normalized spacial score (nSPS) is 17.6. The molecule has 1 saturated carbocycles. The van der Waals surface area contributed by atoms with Crippen LogP contribution in [-0.4, -0.2) is 29.1 Å². The lowest BCUT2D eigenvalue weighted by Gasteiger charge is -2.22. The summed E-state index contributed by atoms with van der Waals surface area (Å²) in [6.45, 7) is 3.72. The molecule has 2 heterocycles. The van der Waals surface area contributed by atoms with E-state index < -0.39 is 10.0 Å². The van der Waals surface area contributed by atoms with E-state index in [1.165, 1.54) is 22.3 Å². The molecule has 0 aliphatic heterocycles. The Hall–Kier alpha value is -0.990. The molecule has 0 amide bonds. The molecule has 0 atom stereocenters. The van der Waals surface area contributed by atoms with Crippen LogP contribution in [0.1, 0.15) is 49.7 Å². The van der Waals surface area contributed by atoms with E-state index in [1.807, 2.05) is 6.92 Å². The van der Waals surface area contributed by atoms with Crippen LogP contribution in [0.3, 0.4) is 0 Å². The molecule has 2 aromatic rings. The molecule has 1 aliphatic rings. The van der Waals surface area contributed by atoms with Gasteiger partial charge in [0.1, 0.15) is 5.01 Å². The fourth-order valence-corrected chi connectivity index (χ4v) is 5.33. The van der Waals surface area contributed by atoms with E-state index in [2.05, 4.69) is 14.8 Å². The van der Waals surface area contributed by atoms with Crippen molar-refractivity contribution in [1.29, 1.82) is 0 Å². The van der Waals surface area contributed by atoms with Crippen molar-refractivity contribution in [1.82, 2.24) is 19.3 Å². The van der Waals surface area contributed by atoms with Crippen LogP contribution in [0, 0.1) is 6.92 Å². The van der Waals surface area contributed by atoms with Crippen LogP contribution in [-0.2, 0) is 16.4 Å². The van der Waals surface area contributed by atoms with Crippen LogP contribution in [0.4, 0.5) is 0 Å². The summed E-state index contributed by atoms with van der Waals surface area (Å²) in [6.07, 6.45) is 5.98. The van der Waals surface area contributed by atoms with E-state index >= 15 is 0 Å². The van der Waals surface area contributed by atoms with Crippen molar-refractivity contribution in [3.05, 3.63) is 10.7 Å². The largest absolute Gasteiger partial charge is 0.260 e. The summed E-state index contributed by atoms with van der Waals surface area (Å²) < 4.78 is 29.7. The average molecular weight is 328 g/mol. The number of fused-ring (bicyclic) bond motifs is 1. The first-order chi connectivity index (χ1) is 10.0. The fraction of sp³-hybridized carbons (Fsp3) is 0.692. The molecule has 8 heteroatoms. The second kappa shape index (κ2) is 5.66. The molecule has 6 nitrogen and oxygen atoms in total. The number of hydrogen-bond acceptors (Lipinski definition) is 5. The second-order valence-electron chi connectivity index (χ2n) is 5.50. The lowest BCUT2D eigenvalue weighted by atomic mass is 9.96. The Morgan fingerprint density at radius 3 is 2.71 bits per heavy atom. The number of nitrogens with zero attached hydrogens (tertiary/aromatic N) is 3. The summed E-state index contributed by atoms with van der Waals surface area (Å²) >= 11 is 1.44. The van der Waals surface area contributed by atoms with Gasteiger partial charge in [-0.2, -0.15) is 9.61 Å². The highest BCUT2D eigenvalue weighted by Crippen LogP contribution is 2.24. The summed E-state index contributed by atoms with van der Waals surface area (Å²) in [6, 6.07) is 0.0398. The van der Waals surface area contributed by atoms with Gasteiger partial charge in [0.05, 0.1) is 5.69 Å². The van der Waals surface area contributed by atoms with E-state index in [0.29, 0.717) is 10.7 Å². The van der Waals surface area contributed by atoms with Gasteiger partial charge in [-0.05, 0) is 26.2 Å². The smallest absolute Gasteiger partial charge is 0.221 e. The van der Waals surface area contributed by atoms with Crippen molar-refractivity contribution in [3.63, 3.8) is 0 Å². The number of aromatic nitrogens is 3. The quantitative estimate of drug-likeness (QED) is 0.934. The van der Waals surface area contributed by atoms with Gasteiger partial charge < -0.3 is 0 Å². The monoisotopic (exact) mass is 328 g/mol. The van der Waals surface area contributed by atoms with Crippen LogP contribution in [0.15, 0.2) is 5.03 Å². The Kier molecular flexibility index (Phi) is 4.02. The second-order valence-corrected chi connectivity index (χ2v) is 8.17. The third-order valence-electron chi connectivity index (χ3n) is 3.85. The number of aryl methyl sites for hydroxylation is 2. The Balaban J connectivity index is 1.97. The molecule has 1 aliphatic carbocycles. The van der Waals surface area contributed by atoms with E-state index in [0.717, 1.165) is 37.1 Å². The van der Waals surface area contributed by atoms with E-state index in [-0.39, 0.29) is 11.1 Å². The minimum atomic E-state index is -3.57. The summed E-state index contributed by atoms with van der Waals surface area (Å²) in [5, 5.41) is 5.45. The number of imidazole rings is 1. The summed E-state index contributed by atoms with van der Waals surface area (Å²) in [4.78, 5) is 4.99. The first-order valence-electron chi connectivity index (χ1n) is 7.38. The van der Waals surface area contributed by atoms with Crippen LogP contribution < -0.4 is 4.72 Å². The topological polar surface area (TPSA) is 76.4 Å². The molecule has 21 heavy (non-hydrogen) atoms. The maximum absolute atomic E-state index is 12.7. The summed E-state index contributed by atoms with van der Waals surface area (Å²) in [7, 11) is -3.57. The zero-order valence-electron chi connectivity index (χ0n) is 12.3. The van der Waals surface area contributed by atoms with Gasteiger partial charge in [-0.1, -0.05) is 37.5 Å². The highest BCUT2D eigenvalue weighted by molar-refractivity contribution is 7.89.